The van der Waals surface area contributed by atoms with Crippen molar-refractivity contribution in [1.82, 2.24) is 4.98 Å². The molecule has 2 saturated heterocycles. The molecule has 3 heterocycles. The largest absolute Gasteiger partial charge is 0.508 e. The molecule has 0 spiro atoms. The minimum atomic E-state index is -2.21. The number of halogens is 4. The third-order valence-electron chi connectivity index (χ3n) is 10.9. The van der Waals surface area contributed by atoms with E-state index in [1.165, 1.54) is 30.3 Å². The summed E-state index contributed by atoms with van der Waals surface area (Å²) in [4.78, 5) is 59.6. The van der Waals surface area contributed by atoms with Crippen molar-refractivity contribution in [2.24, 2.45) is 17.8 Å². The summed E-state index contributed by atoms with van der Waals surface area (Å²) in [5.41, 5.74) is 2.97. The number of benzene rings is 4. The van der Waals surface area contributed by atoms with Gasteiger partial charge in [-0.3, -0.25) is 24.1 Å². The van der Waals surface area contributed by atoms with Gasteiger partial charge < -0.3 is 9.52 Å². The van der Waals surface area contributed by atoms with Crippen LogP contribution in [0.25, 0.3) is 22.6 Å². The van der Waals surface area contributed by atoms with E-state index in [2.05, 4.69) is 4.98 Å². The van der Waals surface area contributed by atoms with Crippen molar-refractivity contribution in [2.45, 2.75) is 28.5 Å². The summed E-state index contributed by atoms with van der Waals surface area (Å²) in [7, 11) is 0. The Kier molecular flexibility index (Phi) is 7.26. The molecule has 13 heteroatoms. The average Bonchev–Trinajstić information content (AvgIpc) is 3.73. The molecular weight excluding hydrogens is 732 g/mol. The summed E-state index contributed by atoms with van der Waals surface area (Å²) in [6, 6.07) is 23.1. The number of anilines is 2. The van der Waals surface area contributed by atoms with Gasteiger partial charge in [0, 0.05) is 22.1 Å². The zero-order valence-electron chi connectivity index (χ0n) is 26.8. The molecule has 2 aliphatic carbocycles. The second-order valence-electron chi connectivity index (χ2n) is 13.5. The van der Waals surface area contributed by atoms with Crippen LogP contribution in [0.5, 0.6) is 5.75 Å². The number of phenols is 1. The molecular formula is C39H25Cl3FN3O6. The van der Waals surface area contributed by atoms with Gasteiger partial charge in [-0.15, -0.1) is 23.2 Å². The van der Waals surface area contributed by atoms with Crippen LogP contribution in [-0.2, 0) is 19.2 Å². The molecule has 0 bridgehead atoms. The molecule has 4 amide bonds. The van der Waals surface area contributed by atoms with Crippen molar-refractivity contribution < 1.29 is 33.1 Å². The van der Waals surface area contributed by atoms with Crippen LogP contribution in [0.15, 0.2) is 107 Å². The number of rotatable bonds is 4. The Morgan fingerprint density at radius 2 is 1.52 bits per heavy atom. The fourth-order valence-electron chi connectivity index (χ4n) is 8.50. The SMILES string of the molecule is O=C1C2CC=C3C(CC4(Cl)C(=O)N(c5ccc(F)cc5)C(=O)C4(Cl)C3c3cc(Cl)ccc3O)C2C(=O)N1c1ccc(-c2nc3ccccc3o2)cc1. The number of aromatic nitrogens is 1. The lowest BCUT2D eigenvalue weighted by Gasteiger charge is -2.50. The monoisotopic (exact) mass is 755 g/mol. The number of phenolic OH excluding ortho intramolecular Hbond substituents is 1. The summed E-state index contributed by atoms with van der Waals surface area (Å²) in [5.74, 6) is -6.95. The lowest BCUT2D eigenvalue weighted by atomic mass is 9.56. The van der Waals surface area contributed by atoms with E-state index < -0.39 is 62.9 Å². The predicted molar refractivity (Wildman–Crippen MR) is 192 cm³/mol. The molecule has 2 aliphatic heterocycles. The van der Waals surface area contributed by atoms with Crippen LogP contribution in [0.4, 0.5) is 15.8 Å². The third kappa shape index (κ3) is 4.44. The summed E-state index contributed by atoms with van der Waals surface area (Å²) in [6.45, 7) is 0. The number of carbonyl (C=O) groups excluding carboxylic acids is 4. The van der Waals surface area contributed by atoms with E-state index >= 15 is 0 Å². The summed E-state index contributed by atoms with van der Waals surface area (Å²) < 4.78 is 19.8. The van der Waals surface area contributed by atoms with Gasteiger partial charge in [-0.25, -0.2) is 14.3 Å². The number of para-hydroxylation sites is 2. The van der Waals surface area contributed by atoms with Crippen LogP contribution in [0.3, 0.4) is 0 Å². The molecule has 260 valence electrons. The highest BCUT2D eigenvalue weighted by molar-refractivity contribution is 6.58. The van der Waals surface area contributed by atoms with Crippen molar-refractivity contribution in [2.75, 3.05) is 9.80 Å². The molecule has 0 radical (unpaired) electrons. The highest BCUT2D eigenvalue weighted by Gasteiger charge is 2.77. The molecule has 4 aliphatic rings. The summed E-state index contributed by atoms with van der Waals surface area (Å²) in [5, 5.41) is 11.4. The Morgan fingerprint density at radius 3 is 2.25 bits per heavy atom. The standard InChI is InChI=1S/C39H25Cl3FN3O6/c40-20-7-16-29(47)26(17-20)32-24-14-15-25-31(27(24)18-38(41)36(50)46(37(51)39(32,38)42)23-12-8-21(43)9-13-23)35(49)45(34(25)48)22-10-5-19(6-11-22)33-44-28-3-1-2-4-30(28)52-33/h1-14,16-17,25,27,31-32,47H,15,18H2. The van der Waals surface area contributed by atoms with Gasteiger partial charge in [0.2, 0.25) is 17.7 Å². The second kappa shape index (κ2) is 11.5. The zero-order chi connectivity index (χ0) is 36.3. The van der Waals surface area contributed by atoms with E-state index in [0.29, 0.717) is 33.8 Å². The molecule has 5 aromatic rings. The van der Waals surface area contributed by atoms with Gasteiger partial charge in [0.1, 0.15) is 17.1 Å². The maximum atomic E-state index is 14.5. The van der Waals surface area contributed by atoms with Crippen molar-refractivity contribution in [3.63, 3.8) is 0 Å². The number of allylic oxidation sites excluding steroid dienone is 2. The summed E-state index contributed by atoms with van der Waals surface area (Å²) in [6.07, 6.45) is 1.62. The van der Waals surface area contributed by atoms with E-state index in [4.69, 9.17) is 39.2 Å². The normalized spacial score (nSPS) is 28.3. The Morgan fingerprint density at radius 1 is 0.827 bits per heavy atom. The Bertz CT molecular complexity index is 2380. The minimum absolute atomic E-state index is 0.0503. The lowest BCUT2D eigenvalue weighted by Crippen LogP contribution is -2.60. The first-order chi connectivity index (χ1) is 24.9. The predicted octanol–water partition coefficient (Wildman–Crippen LogP) is 7.76. The maximum absolute atomic E-state index is 14.5. The molecule has 9 nitrogen and oxygen atoms in total. The van der Waals surface area contributed by atoms with E-state index in [1.54, 1.807) is 30.3 Å². The van der Waals surface area contributed by atoms with Crippen LogP contribution in [0, 0.1) is 23.6 Å². The van der Waals surface area contributed by atoms with Gasteiger partial charge >= 0.3 is 0 Å². The molecule has 52 heavy (non-hydrogen) atoms. The molecule has 1 aromatic heterocycles. The summed E-state index contributed by atoms with van der Waals surface area (Å²) >= 11 is 21.2. The maximum Gasteiger partial charge on any atom is 0.258 e. The molecule has 4 aromatic carbocycles. The number of aromatic hydroxyl groups is 1. The molecule has 3 fully saturated rings. The van der Waals surface area contributed by atoms with Gasteiger partial charge in [0.25, 0.3) is 11.8 Å². The van der Waals surface area contributed by atoms with Crippen molar-refractivity contribution in [1.29, 1.82) is 0 Å². The average molecular weight is 757 g/mol. The second-order valence-corrected chi connectivity index (χ2v) is 15.2. The van der Waals surface area contributed by atoms with Crippen molar-refractivity contribution in [3.8, 4) is 17.2 Å². The van der Waals surface area contributed by atoms with Crippen molar-refractivity contribution in [3.05, 3.63) is 119 Å². The van der Waals surface area contributed by atoms with Gasteiger partial charge in [-0.05, 0) is 97.6 Å². The minimum Gasteiger partial charge on any atom is -0.508 e. The van der Waals surface area contributed by atoms with Crippen LogP contribution in [0.1, 0.15) is 24.3 Å². The Balaban J connectivity index is 1.12. The van der Waals surface area contributed by atoms with Crippen LogP contribution in [-0.4, -0.2) is 43.5 Å². The Hall–Kier alpha value is -5.03. The molecule has 1 N–H and O–H groups in total. The zero-order valence-corrected chi connectivity index (χ0v) is 29.1. The van der Waals surface area contributed by atoms with Crippen LogP contribution in [0.2, 0.25) is 5.02 Å². The van der Waals surface area contributed by atoms with Gasteiger partial charge in [-0.1, -0.05) is 35.4 Å². The van der Waals surface area contributed by atoms with E-state index in [-0.39, 0.29) is 34.9 Å². The number of alkyl halides is 2. The van der Waals surface area contributed by atoms with Crippen molar-refractivity contribution >= 4 is 80.9 Å². The number of hydrogen-bond donors (Lipinski definition) is 1. The molecule has 1 saturated carbocycles. The number of amides is 4. The number of fused-ring (bicyclic) bond motifs is 5. The smallest absolute Gasteiger partial charge is 0.258 e. The quantitative estimate of drug-likeness (QED) is 0.113. The molecule has 6 unspecified atom stereocenters. The first-order valence-electron chi connectivity index (χ1n) is 16.5. The van der Waals surface area contributed by atoms with Gasteiger partial charge in [0.15, 0.2) is 15.3 Å². The van der Waals surface area contributed by atoms with Crippen LogP contribution < -0.4 is 9.80 Å². The number of imide groups is 2. The number of carbonyl (C=O) groups is 4. The number of oxazole rings is 1. The lowest BCUT2D eigenvalue weighted by molar-refractivity contribution is -0.125. The molecule has 6 atom stereocenters. The Labute approximate surface area is 310 Å². The van der Waals surface area contributed by atoms with Gasteiger partial charge in [0.05, 0.1) is 23.2 Å². The number of hydrogen-bond acceptors (Lipinski definition) is 7. The third-order valence-corrected chi connectivity index (χ3v) is 12.5. The van der Waals surface area contributed by atoms with Crippen LogP contribution >= 0.6 is 34.8 Å². The van der Waals surface area contributed by atoms with E-state index in [0.717, 1.165) is 21.9 Å². The molecule has 9 rings (SSSR count). The van der Waals surface area contributed by atoms with E-state index in [9.17, 15) is 28.7 Å². The topological polar surface area (TPSA) is 121 Å². The highest BCUT2D eigenvalue weighted by Crippen LogP contribution is 2.66. The highest BCUT2D eigenvalue weighted by atomic mass is 35.5. The fraction of sp³-hybridized carbons (Fsp3) is 0.205. The first-order valence-corrected chi connectivity index (χ1v) is 17.6. The van der Waals surface area contributed by atoms with Gasteiger partial charge in [-0.2, -0.15) is 0 Å². The number of nitrogens with zero attached hydrogens (tertiary/aromatic N) is 3. The van der Waals surface area contributed by atoms with E-state index in [1.807, 2.05) is 24.3 Å². The fourth-order valence-corrected chi connectivity index (χ4v) is 9.61. The first kappa shape index (κ1) is 32.8.